The summed E-state index contributed by atoms with van der Waals surface area (Å²) in [6.07, 6.45) is 14.4. The van der Waals surface area contributed by atoms with Gasteiger partial charge in [0.15, 0.2) is 0 Å². The molecule has 2 fully saturated rings. The van der Waals surface area contributed by atoms with Crippen LogP contribution in [0.5, 0.6) is 5.75 Å². The van der Waals surface area contributed by atoms with Crippen molar-refractivity contribution in [3.05, 3.63) is 53.8 Å². The standard InChI is InChI=1S/C32H45N3O5S2/c1-32(2,39)17-29(36)35-22-42-21-28(35)31(38)34-27(20-41-19-24-9-5-3-6-10-24)30(37)33-18-23-13-15-26(16-14-23)40-25-11-7-4-8-12-25/h7,11-16,24,27-28,39H,3-6,8-10,17-22H2,1-2H3,(H,33,37)(H,34,38)/t27-,28?/m0/s1. The Balaban J connectivity index is 1.34. The van der Waals surface area contributed by atoms with E-state index in [0.717, 1.165) is 35.7 Å². The molecule has 0 bridgehead atoms. The van der Waals surface area contributed by atoms with Crippen LogP contribution in [0.25, 0.3) is 0 Å². The molecular weight excluding hydrogens is 571 g/mol. The highest BCUT2D eigenvalue weighted by atomic mass is 32.2. The monoisotopic (exact) mass is 615 g/mol. The van der Waals surface area contributed by atoms with E-state index in [0.29, 0.717) is 29.8 Å². The first-order valence-corrected chi connectivity index (χ1v) is 17.4. The average molecular weight is 616 g/mol. The van der Waals surface area contributed by atoms with E-state index in [1.54, 1.807) is 25.6 Å². The quantitative estimate of drug-likeness (QED) is 0.293. The summed E-state index contributed by atoms with van der Waals surface area (Å²) < 4.78 is 5.91. The maximum Gasteiger partial charge on any atom is 0.244 e. The van der Waals surface area contributed by atoms with Gasteiger partial charge in [0, 0.05) is 18.1 Å². The van der Waals surface area contributed by atoms with Gasteiger partial charge in [0.1, 0.15) is 23.6 Å². The van der Waals surface area contributed by atoms with E-state index in [4.69, 9.17) is 4.74 Å². The number of benzene rings is 1. The van der Waals surface area contributed by atoms with E-state index in [1.807, 2.05) is 30.3 Å². The number of carbonyl (C=O) groups excluding carboxylic acids is 3. The van der Waals surface area contributed by atoms with Crippen LogP contribution in [0.1, 0.15) is 70.8 Å². The average Bonchev–Trinajstić information content (AvgIpc) is 3.47. The van der Waals surface area contributed by atoms with Crippen molar-refractivity contribution in [2.24, 2.45) is 5.92 Å². The van der Waals surface area contributed by atoms with E-state index >= 15 is 0 Å². The van der Waals surface area contributed by atoms with Gasteiger partial charge < -0.3 is 25.4 Å². The Hall–Kier alpha value is -2.43. The van der Waals surface area contributed by atoms with Crippen LogP contribution in [0.3, 0.4) is 0 Å². The molecule has 3 amide bonds. The molecule has 3 N–H and O–H groups in total. The highest BCUT2D eigenvalue weighted by Crippen LogP contribution is 2.28. The minimum atomic E-state index is -1.15. The largest absolute Gasteiger partial charge is 0.458 e. The summed E-state index contributed by atoms with van der Waals surface area (Å²) in [4.78, 5) is 41.1. The lowest BCUT2D eigenvalue weighted by Gasteiger charge is -2.28. The summed E-state index contributed by atoms with van der Waals surface area (Å²) in [5, 5.41) is 16.1. The maximum absolute atomic E-state index is 13.4. The van der Waals surface area contributed by atoms with Gasteiger partial charge in [0.25, 0.3) is 0 Å². The fraction of sp³-hybridized carbons (Fsp3) is 0.594. The van der Waals surface area contributed by atoms with Gasteiger partial charge in [-0.2, -0.15) is 11.8 Å². The highest BCUT2D eigenvalue weighted by Gasteiger charge is 2.37. The van der Waals surface area contributed by atoms with Crippen LogP contribution in [0.4, 0.5) is 0 Å². The van der Waals surface area contributed by atoms with Crippen LogP contribution in [0.15, 0.2) is 48.3 Å². The number of thioether (sulfide) groups is 2. The second kappa shape index (κ2) is 15.9. The molecule has 42 heavy (non-hydrogen) atoms. The second-order valence-corrected chi connectivity index (χ2v) is 14.1. The Morgan fingerprint density at radius 3 is 2.60 bits per heavy atom. The molecule has 0 radical (unpaired) electrons. The van der Waals surface area contributed by atoms with E-state index < -0.39 is 17.7 Å². The lowest BCUT2D eigenvalue weighted by molar-refractivity contribution is -0.141. The van der Waals surface area contributed by atoms with E-state index in [-0.39, 0.29) is 24.1 Å². The van der Waals surface area contributed by atoms with Gasteiger partial charge in [0.2, 0.25) is 17.7 Å². The molecule has 1 aromatic rings. The number of carbonyl (C=O) groups is 3. The first-order valence-electron chi connectivity index (χ1n) is 15.1. The van der Waals surface area contributed by atoms with Crippen molar-refractivity contribution in [2.75, 3.05) is 23.1 Å². The lowest BCUT2D eigenvalue weighted by Crippen LogP contribution is -2.55. The number of allylic oxidation sites excluding steroid dienone is 3. The summed E-state index contributed by atoms with van der Waals surface area (Å²) in [6.45, 7) is 3.50. The predicted octanol–water partition coefficient (Wildman–Crippen LogP) is 4.78. The zero-order valence-corrected chi connectivity index (χ0v) is 26.4. The minimum absolute atomic E-state index is 0.0589. The number of nitrogens with zero attached hydrogens (tertiary/aromatic N) is 1. The zero-order valence-electron chi connectivity index (χ0n) is 24.8. The Morgan fingerprint density at radius 1 is 1.14 bits per heavy atom. The predicted molar refractivity (Wildman–Crippen MR) is 170 cm³/mol. The topological polar surface area (TPSA) is 108 Å². The lowest BCUT2D eigenvalue weighted by atomic mass is 9.91. The van der Waals surface area contributed by atoms with Gasteiger partial charge >= 0.3 is 0 Å². The number of hydrogen-bond donors (Lipinski definition) is 3. The molecule has 10 heteroatoms. The Labute approximate surface area is 258 Å². The molecule has 1 saturated heterocycles. The van der Waals surface area contributed by atoms with Gasteiger partial charge in [-0.15, -0.1) is 11.8 Å². The second-order valence-electron chi connectivity index (χ2n) is 12.0. The summed E-state index contributed by atoms with van der Waals surface area (Å²) >= 11 is 3.22. The van der Waals surface area contributed by atoms with Crippen molar-refractivity contribution in [2.45, 2.75) is 89.4 Å². The minimum Gasteiger partial charge on any atom is -0.458 e. The van der Waals surface area contributed by atoms with Gasteiger partial charge in [0.05, 0.1) is 17.9 Å². The molecule has 1 saturated carbocycles. The fourth-order valence-corrected chi connectivity index (χ4v) is 7.78. The van der Waals surface area contributed by atoms with Gasteiger partial charge in [-0.1, -0.05) is 37.5 Å². The van der Waals surface area contributed by atoms with Crippen LogP contribution in [0, 0.1) is 5.92 Å². The van der Waals surface area contributed by atoms with Crippen LogP contribution in [0.2, 0.25) is 0 Å². The third-order valence-corrected chi connectivity index (χ3v) is 9.96. The van der Waals surface area contributed by atoms with Crippen LogP contribution in [-0.2, 0) is 20.9 Å². The molecule has 0 spiro atoms. The third kappa shape index (κ3) is 10.4. The Kier molecular flexibility index (Phi) is 12.3. The van der Waals surface area contributed by atoms with Crippen molar-refractivity contribution >= 4 is 41.2 Å². The molecule has 8 nitrogen and oxygen atoms in total. The van der Waals surface area contributed by atoms with Crippen molar-refractivity contribution in [3.8, 4) is 5.75 Å². The molecule has 1 aliphatic heterocycles. The molecule has 3 aliphatic rings. The van der Waals surface area contributed by atoms with Gasteiger partial charge in [-0.25, -0.2) is 0 Å². The molecule has 1 heterocycles. The molecule has 1 aromatic carbocycles. The number of hydrogen-bond acceptors (Lipinski definition) is 7. The number of ether oxygens (including phenoxy) is 1. The summed E-state index contributed by atoms with van der Waals surface area (Å²) in [5.41, 5.74) is -0.225. The molecule has 0 aromatic heterocycles. The summed E-state index contributed by atoms with van der Waals surface area (Å²) in [6, 6.07) is 6.26. The summed E-state index contributed by atoms with van der Waals surface area (Å²) in [7, 11) is 0. The number of nitrogens with one attached hydrogen (secondary N) is 2. The van der Waals surface area contributed by atoms with Gasteiger partial charge in [-0.3, -0.25) is 14.4 Å². The van der Waals surface area contributed by atoms with Crippen molar-refractivity contribution in [1.82, 2.24) is 15.5 Å². The summed E-state index contributed by atoms with van der Waals surface area (Å²) in [5.74, 6) is 3.73. The SMILES string of the molecule is CC(C)(O)CC(=O)N1CSCC1C(=O)N[C@@H](CSCC1CCCCC1)C(=O)NCc1ccc(OC2=CCCC=C2)cc1. The third-order valence-electron chi connectivity index (χ3n) is 7.67. The molecule has 2 aliphatic carbocycles. The first kappa shape index (κ1) is 32.5. The molecule has 2 atom stereocenters. The smallest absolute Gasteiger partial charge is 0.244 e. The molecule has 230 valence electrons. The number of aliphatic hydroxyl groups is 1. The zero-order chi connectivity index (χ0) is 30.0. The molecule has 1 unspecified atom stereocenters. The fourth-order valence-electron chi connectivity index (χ4n) is 5.32. The van der Waals surface area contributed by atoms with Crippen molar-refractivity contribution in [1.29, 1.82) is 0 Å². The number of amides is 3. The van der Waals surface area contributed by atoms with E-state index in [2.05, 4.69) is 22.8 Å². The van der Waals surface area contributed by atoms with Crippen LogP contribution >= 0.6 is 23.5 Å². The number of rotatable bonds is 13. The maximum atomic E-state index is 13.4. The highest BCUT2D eigenvalue weighted by molar-refractivity contribution is 7.99. The first-order chi connectivity index (χ1) is 20.2. The van der Waals surface area contributed by atoms with E-state index in [1.165, 1.54) is 48.8 Å². The normalized spacial score (nSPS) is 20.1. The van der Waals surface area contributed by atoms with Crippen molar-refractivity contribution < 1.29 is 24.2 Å². The van der Waals surface area contributed by atoms with Crippen LogP contribution in [-0.4, -0.2) is 68.5 Å². The Morgan fingerprint density at radius 2 is 1.90 bits per heavy atom. The van der Waals surface area contributed by atoms with Crippen LogP contribution < -0.4 is 15.4 Å². The van der Waals surface area contributed by atoms with E-state index in [9.17, 15) is 19.5 Å². The Bertz CT molecular complexity index is 1130. The molecule has 4 rings (SSSR count). The van der Waals surface area contributed by atoms with Crippen molar-refractivity contribution in [3.63, 3.8) is 0 Å². The van der Waals surface area contributed by atoms with Gasteiger partial charge in [-0.05, 0) is 81.0 Å². The molecular formula is C32H45N3O5S2.